The Morgan fingerprint density at radius 3 is 2.40 bits per heavy atom. The molecule has 1 aliphatic heterocycles. The maximum absolute atomic E-state index is 13.7. The number of hydrogen-bond donors (Lipinski definition) is 1. The van der Waals surface area contributed by atoms with Crippen LogP contribution in [-0.4, -0.2) is 18.9 Å². The summed E-state index contributed by atoms with van der Waals surface area (Å²) in [6.07, 6.45) is 0. The number of imide groups is 1. The fourth-order valence-electron chi connectivity index (χ4n) is 3.29. The van der Waals surface area contributed by atoms with Gasteiger partial charge in [-0.1, -0.05) is 48.0 Å². The average Bonchev–Trinajstić information content (AvgIpc) is 2.98. The van der Waals surface area contributed by atoms with E-state index < -0.39 is 17.6 Å². The maximum Gasteiger partial charge on any atom is 0.282 e. The molecule has 0 aliphatic carbocycles. The van der Waals surface area contributed by atoms with Gasteiger partial charge in [0.25, 0.3) is 11.8 Å². The molecule has 1 N–H and O–H groups in total. The number of nitrogens with one attached hydrogen (secondary N) is 1. The van der Waals surface area contributed by atoms with Crippen LogP contribution in [0.2, 0.25) is 5.02 Å². The molecule has 1 heterocycles. The molecular weight excluding hydrogens is 407 g/mol. The molecule has 0 radical (unpaired) electrons. The Balaban J connectivity index is 1.85. The zero-order valence-electron chi connectivity index (χ0n) is 15.9. The topological polar surface area (TPSA) is 58.6 Å². The molecule has 4 rings (SSSR count). The molecule has 0 aromatic heterocycles. The van der Waals surface area contributed by atoms with Gasteiger partial charge in [0.15, 0.2) is 0 Å². The van der Waals surface area contributed by atoms with Crippen LogP contribution < -0.4 is 15.0 Å². The van der Waals surface area contributed by atoms with E-state index in [0.717, 1.165) is 4.90 Å². The number of hydrogen-bond acceptors (Lipinski definition) is 4. The first-order valence-corrected chi connectivity index (χ1v) is 9.42. The van der Waals surface area contributed by atoms with Gasteiger partial charge >= 0.3 is 0 Å². The lowest BCUT2D eigenvalue weighted by Gasteiger charge is -2.18. The molecular formula is C23H16ClFN2O3. The van der Waals surface area contributed by atoms with Gasteiger partial charge in [0, 0.05) is 10.7 Å². The molecule has 0 unspecified atom stereocenters. The van der Waals surface area contributed by atoms with E-state index in [1.807, 2.05) is 6.07 Å². The minimum atomic E-state index is -0.594. The molecule has 3 aromatic rings. The summed E-state index contributed by atoms with van der Waals surface area (Å²) in [6, 6.07) is 19.1. The second kappa shape index (κ2) is 8.00. The van der Waals surface area contributed by atoms with Crippen LogP contribution in [0.15, 0.2) is 78.5 Å². The molecule has 0 saturated carbocycles. The van der Waals surface area contributed by atoms with E-state index in [9.17, 15) is 14.0 Å². The van der Waals surface area contributed by atoms with Crippen molar-refractivity contribution in [2.45, 2.75) is 0 Å². The first-order valence-electron chi connectivity index (χ1n) is 9.04. The molecule has 5 nitrogen and oxygen atoms in total. The van der Waals surface area contributed by atoms with E-state index in [1.165, 1.54) is 31.4 Å². The van der Waals surface area contributed by atoms with Crippen LogP contribution in [0.1, 0.15) is 5.56 Å². The lowest BCUT2D eigenvalue weighted by atomic mass is 10.0. The number of amides is 2. The van der Waals surface area contributed by atoms with Crippen molar-refractivity contribution in [3.05, 3.63) is 94.9 Å². The summed E-state index contributed by atoms with van der Waals surface area (Å²) in [5.41, 5.74) is 1.34. The number of anilines is 2. The van der Waals surface area contributed by atoms with Gasteiger partial charge in [-0.2, -0.15) is 0 Å². The molecule has 0 fully saturated rings. The predicted octanol–water partition coefficient (Wildman–Crippen LogP) is 4.88. The molecule has 2 amide bonds. The summed E-state index contributed by atoms with van der Waals surface area (Å²) in [5.74, 6) is -1.28. The predicted molar refractivity (Wildman–Crippen MR) is 114 cm³/mol. The lowest BCUT2D eigenvalue weighted by Crippen LogP contribution is -2.32. The average molecular weight is 423 g/mol. The highest BCUT2D eigenvalue weighted by Gasteiger charge is 2.41. The van der Waals surface area contributed by atoms with Crippen molar-refractivity contribution in [1.82, 2.24) is 0 Å². The van der Waals surface area contributed by atoms with Gasteiger partial charge < -0.3 is 10.1 Å². The van der Waals surface area contributed by atoms with E-state index in [2.05, 4.69) is 5.32 Å². The summed E-state index contributed by atoms with van der Waals surface area (Å²) in [7, 11) is 1.44. The highest BCUT2D eigenvalue weighted by Crippen LogP contribution is 2.39. The first kappa shape index (κ1) is 19.7. The van der Waals surface area contributed by atoms with E-state index in [4.69, 9.17) is 16.3 Å². The molecule has 0 saturated heterocycles. The van der Waals surface area contributed by atoms with Gasteiger partial charge in [-0.15, -0.1) is 0 Å². The Bertz CT molecular complexity index is 1180. The third-order valence-corrected chi connectivity index (χ3v) is 4.86. The smallest absolute Gasteiger partial charge is 0.282 e. The van der Waals surface area contributed by atoms with Crippen molar-refractivity contribution < 1.29 is 18.7 Å². The van der Waals surface area contributed by atoms with E-state index >= 15 is 0 Å². The highest BCUT2D eigenvalue weighted by atomic mass is 35.5. The second-order valence-corrected chi connectivity index (χ2v) is 6.95. The number of carbonyl (C=O) groups excluding carboxylic acids is 2. The second-order valence-electron chi connectivity index (χ2n) is 6.51. The third-order valence-electron chi connectivity index (χ3n) is 4.62. The number of rotatable bonds is 5. The molecule has 150 valence electrons. The monoisotopic (exact) mass is 422 g/mol. The Kier molecular flexibility index (Phi) is 5.25. The maximum atomic E-state index is 13.7. The molecule has 3 aromatic carbocycles. The fraction of sp³-hybridized carbons (Fsp3) is 0.0435. The Morgan fingerprint density at radius 1 is 0.933 bits per heavy atom. The van der Waals surface area contributed by atoms with Gasteiger partial charge in [0.1, 0.15) is 17.3 Å². The summed E-state index contributed by atoms with van der Waals surface area (Å²) in [4.78, 5) is 27.8. The van der Waals surface area contributed by atoms with Crippen molar-refractivity contribution in [3.8, 4) is 5.75 Å². The molecule has 0 spiro atoms. The van der Waals surface area contributed by atoms with Gasteiger partial charge in [-0.3, -0.25) is 9.59 Å². The molecule has 0 bridgehead atoms. The number of halogens is 2. The fourth-order valence-corrected chi connectivity index (χ4v) is 3.45. The van der Waals surface area contributed by atoms with E-state index in [0.29, 0.717) is 22.0 Å². The minimum Gasteiger partial charge on any atom is -0.495 e. The molecule has 7 heteroatoms. The van der Waals surface area contributed by atoms with Crippen LogP contribution >= 0.6 is 11.6 Å². The Hall–Kier alpha value is -3.64. The number of benzene rings is 3. The van der Waals surface area contributed by atoms with Crippen LogP contribution in [0.25, 0.3) is 5.57 Å². The molecule has 0 atom stereocenters. The summed E-state index contributed by atoms with van der Waals surface area (Å²) in [5, 5.41) is 3.26. The summed E-state index contributed by atoms with van der Waals surface area (Å²) >= 11 is 6.11. The van der Waals surface area contributed by atoms with E-state index in [1.54, 1.807) is 42.5 Å². The van der Waals surface area contributed by atoms with Crippen molar-refractivity contribution in [2.24, 2.45) is 0 Å². The summed E-state index contributed by atoms with van der Waals surface area (Å²) < 4.78 is 19.0. The van der Waals surface area contributed by atoms with E-state index in [-0.39, 0.29) is 17.0 Å². The van der Waals surface area contributed by atoms with Crippen LogP contribution in [0.3, 0.4) is 0 Å². The zero-order valence-corrected chi connectivity index (χ0v) is 16.6. The number of methoxy groups -OCH3 is 1. The largest absolute Gasteiger partial charge is 0.495 e. The van der Waals surface area contributed by atoms with Gasteiger partial charge in [0.05, 0.1) is 18.4 Å². The zero-order chi connectivity index (χ0) is 21.3. The quantitative estimate of drug-likeness (QED) is 0.595. The van der Waals surface area contributed by atoms with Gasteiger partial charge in [-0.05, 0) is 42.0 Å². The SMILES string of the molecule is COc1ccc(Cl)cc1N1C(=O)C(Nc2cccc(F)c2)=C(c2ccccc2)C1=O. The number of nitrogens with zero attached hydrogens (tertiary/aromatic N) is 1. The lowest BCUT2D eigenvalue weighted by molar-refractivity contribution is -0.120. The van der Waals surface area contributed by atoms with Crippen molar-refractivity contribution >= 4 is 40.4 Å². The van der Waals surface area contributed by atoms with Crippen LogP contribution in [0.5, 0.6) is 5.75 Å². The van der Waals surface area contributed by atoms with Gasteiger partial charge in [0.2, 0.25) is 0 Å². The van der Waals surface area contributed by atoms with Gasteiger partial charge in [-0.25, -0.2) is 9.29 Å². The third kappa shape index (κ3) is 3.53. The number of carbonyl (C=O) groups is 2. The van der Waals surface area contributed by atoms with Crippen molar-refractivity contribution in [3.63, 3.8) is 0 Å². The first-order chi connectivity index (χ1) is 14.5. The molecule has 30 heavy (non-hydrogen) atoms. The Morgan fingerprint density at radius 2 is 1.70 bits per heavy atom. The normalized spacial score (nSPS) is 13.8. The van der Waals surface area contributed by atoms with Crippen molar-refractivity contribution in [2.75, 3.05) is 17.3 Å². The van der Waals surface area contributed by atoms with Crippen LogP contribution in [0.4, 0.5) is 15.8 Å². The standard InChI is InChI=1S/C23H16ClFN2O3/c1-30-19-11-10-15(24)12-18(19)27-22(28)20(14-6-3-2-4-7-14)21(23(27)29)26-17-9-5-8-16(25)13-17/h2-13,26H,1H3. The van der Waals surface area contributed by atoms with Crippen molar-refractivity contribution in [1.29, 1.82) is 0 Å². The summed E-state index contributed by atoms with van der Waals surface area (Å²) in [6.45, 7) is 0. The van der Waals surface area contributed by atoms with Crippen LogP contribution in [0, 0.1) is 5.82 Å². The minimum absolute atomic E-state index is 0.0406. The highest BCUT2D eigenvalue weighted by molar-refractivity contribution is 6.46. The molecule has 1 aliphatic rings. The number of ether oxygens (including phenoxy) is 1. The Labute approximate surface area is 177 Å². The van der Waals surface area contributed by atoms with Crippen LogP contribution in [-0.2, 0) is 9.59 Å².